The molecule has 0 spiro atoms. The van der Waals surface area contributed by atoms with Gasteiger partial charge in [-0.2, -0.15) is 15.0 Å². The first-order valence-electron chi connectivity index (χ1n) is 10.2. The van der Waals surface area contributed by atoms with Crippen molar-refractivity contribution in [3.8, 4) is 5.75 Å². The van der Waals surface area contributed by atoms with E-state index in [4.69, 9.17) is 16.3 Å². The van der Waals surface area contributed by atoms with Crippen LogP contribution < -0.4 is 24.8 Å². The highest BCUT2D eigenvalue weighted by atomic mass is 35.5. The molecule has 3 heterocycles. The van der Waals surface area contributed by atoms with E-state index in [2.05, 4.69) is 31.2 Å². The monoisotopic (exact) mass is 449 g/mol. The van der Waals surface area contributed by atoms with Crippen molar-refractivity contribution in [2.45, 2.75) is 12.6 Å². The fourth-order valence-electron chi connectivity index (χ4n) is 3.82. The number of halogens is 2. The molecule has 0 atom stereocenters. The molecule has 9 nitrogen and oxygen atoms in total. The largest absolute Gasteiger partial charge is 0.492 e. The molecule has 0 aliphatic carbocycles. The number of rotatable bonds is 6. The zero-order valence-corrected chi connectivity index (χ0v) is 18.3. The second-order valence-corrected chi connectivity index (χ2v) is 7.82. The van der Waals surface area contributed by atoms with E-state index >= 15 is 0 Å². The third-order valence-electron chi connectivity index (χ3n) is 5.45. The van der Waals surface area contributed by atoms with Crippen molar-refractivity contribution in [3.63, 3.8) is 0 Å². The van der Waals surface area contributed by atoms with Gasteiger partial charge in [0.2, 0.25) is 22.8 Å². The highest BCUT2D eigenvalue weighted by Gasteiger charge is 2.51. The Kier molecular flexibility index (Phi) is 5.99. The number of anilines is 3. The Balaban J connectivity index is 1.43. The van der Waals surface area contributed by atoms with Gasteiger partial charge in [0.1, 0.15) is 5.75 Å². The van der Waals surface area contributed by atoms with Crippen LogP contribution in [0.25, 0.3) is 0 Å². The van der Waals surface area contributed by atoms with Crippen LogP contribution in [0, 0.1) is 0 Å². The van der Waals surface area contributed by atoms with Gasteiger partial charge in [0.25, 0.3) is 5.91 Å². The standard InChI is InChI=1S/C20H25ClFN7O2/c1-3-31-15-7-5-4-6-14(15)27-8-10-28(11-9-27)18-24-17(21)25-19(26-18)29-12-20(22,13-29)16(30)23-2/h4-7H,3,8-13H2,1-2H3,(H,23,30). The lowest BCUT2D eigenvalue weighted by Crippen LogP contribution is -2.66. The number of amides is 1. The van der Waals surface area contributed by atoms with E-state index in [1.165, 1.54) is 7.05 Å². The zero-order valence-electron chi connectivity index (χ0n) is 17.5. The maximum Gasteiger partial charge on any atom is 0.261 e. The average molecular weight is 450 g/mol. The normalized spacial score (nSPS) is 17.9. The highest BCUT2D eigenvalue weighted by Crippen LogP contribution is 2.31. The molecule has 1 aromatic heterocycles. The minimum absolute atomic E-state index is 0.0421. The van der Waals surface area contributed by atoms with Gasteiger partial charge in [0, 0.05) is 33.2 Å². The summed E-state index contributed by atoms with van der Waals surface area (Å²) in [4.78, 5) is 30.4. The minimum Gasteiger partial charge on any atom is -0.492 e. The van der Waals surface area contributed by atoms with E-state index in [0.717, 1.165) is 24.5 Å². The number of piperazine rings is 1. The molecule has 2 saturated heterocycles. The molecule has 2 aliphatic heterocycles. The van der Waals surface area contributed by atoms with Crippen LogP contribution >= 0.6 is 11.6 Å². The number of ether oxygens (including phenoxy) is 1. The Hall–Kier alpha value is -2.88. The molecule has 0 saturated carbocycles. The Morgan fingerprint density at radius 2 is 1.71 bits per heavy atom. The molecule has 2 fully saturated rings. The second-order valence-electron chi connectivity index (χ2n) is 7.48. The van der Waals surface area contributed by atoms with Crippen molar-refractivity contribution >= 4 is 35.1 Å². The average Bonchev–Trinajstić information content (AvgIpc) is 2.76. The molecule has 2 aromatic rings. The van der Waals surface area contributed by atoms with Gasteiger partial charge in [-0.3, -0.25) is 4.79 Å². The number of carbonyl (C=O) groups excluding carboxylic acids is 1. The fourth-order valence-corrected chi connectivity index (χ4v) is 3.97. The second kappa shape index (κ2) is 8.70. The SMILES string of the molecule is CCOc1ccccc1N1CCN(c2nc(Cl)nc(N3CC(F)(C(=O)NC)C3)n2)CC1. The van der Waals surface area contributed by atoms with Gasteiger partial charge in [-0.25, -0.2) is 4.39 Å². The maximum absolute atomic E-state index is 14.5. The summed E-state index contributed by atoms with van der Waals surface area (Å²) in [5.41, 5.74) is -0.874. The van der Waals surface area contributed by atoms with Crippen molar-refractivity contribution < 1.29 is 13.9 Å². The van der Waals surface area contributed by atoms with Gasteiger partial charge >= 0.3 is 0 Å². The molecular formula is C20H25ClFN7O2. The minimum atomic E-state index is -1.94. The summed E-state index contributed by atoms with van der Waals surface area (Å²) in [5, 5.41) is 2.38. The van der Waals surface area contributed by atoms with E-state index in [-0.39, 0.29) is 24.3 Å². The van der Waals surface area contributed by atoms with Crippen LogP contribution in [0.4, 0.5) is 22.0 Å². The van der Waals surface area contributed by atoms with Gasteiger partial charge in [-0.15, -0.1) is 0 Å². The van der Waals surface area contributed by atoms with Crippen molar-refractivity contribution in [2.24, 2.45) is 0 Å². The Labute approximate surface area is 185 Å². The molecule has 166 valence electrons. The molecule has 0 unspecified atom stereocenters. The number of alkyl halides is 1. The van der Waals surface area contributed by atoms with Crippen molar-refractivity contribution in [1.82, 2.24) is 20.3 Å². The Bertz CT molecular complexity index is 949. The number of carbonyl (C=O) groups is 1. The molecule has 1 aromatic carbocycles. The van der Waals surface area contributed by atoms with E-state index < -0.39 is 11.6 Å². The molecule has 0 radical (unpaired) electrons. The van der Waals surface area contributed by atoms with Gasteiger partial charge in [0.15, 0.2) is 0 Å². The highest BCUT2D eigenvalue weighted by molar-refractivity contribution is 6.28. The van der Waals surface area contributed by atoms with Crippen LogP contribution in [0.3, 0.4) is 0 Å². The van der Waals surface area contributed by atoms with Crippen molar-refractivity contribution in [3.05, 3.63) is 29.5 Å². The molecule has 2 aliphatic rings. The van der Waals surface area contributed by atoms with Gasteiger partial charge in [-0.05, 0) is 30.7 Å². The van der Waals surface area contributed by atoms with Crippen LogP contribution in [0.2, 0.25) is 5.28 Å². The first-order valence-corrected chi connectivity index (χ1v) is 10.6. The molecule has 4 rings (SSSR count). The molecule has 11 heteroatoms. The Morgan fingerprint density at radius 1 is 1.10 bits per heavy atom. The summed E-state index contributed by atoms with van der Waals surface area (Å²) in [6, 6.07) is 7.99. The van der Waals surface area contributed by atoms with E-state index in [1.54, 1.807) is 4.90 Å². The first kappa shape index (κ1) is 21.4. The van der Waals surface area contributed by atoms with Crippen LogP contribution in [-0.4, -0.2) is 79.5 Å². The third kappa shape index (κ3) is 4.30. The van der Waals surface area contributed by atoms with Crippen molar-refractivity contribution in [1.29, 1.82) is 0 Å². The summed E-state index contributed by atoms with van der Waals surface area (Å²) in [7, 11) is 1.41. The number of benzene rings is 1. The molecular weight excluding hydrogens is 425 g/mol. The molecule has 1 amide bonds. The van der Waals surface area contributed by atoms with Crippen LogP contribution in [0.15, 0.2) is 24.3 Å². The van der Waals surface area contributed by atoms with E-state index in [0.29, 0.717) is 25.6 Å². The number of para-hydroxylation sites is 2. The van der Waals surface area contributed by atoms with Gasteiger partial charge in [-0.1, -0.05) is 12.1 Å². The summed E-state index contributed by atoms with van der Waals surface area (Å²) in [5.74, 6) is 0.945. The zero-order chi connectivity index (χ0) is 22.0. The summed E-state index contributed by atoms with van der Waals surface area (Å²) >= 11 is 6.12. The smallest absolute Gasteiger partial charge is 0.261 e. The van der Waals surface area contributed by atoms with Crippen LogP contribution in [-0.2, 0) is 4.79 Å². The lowest BCUT2D eigenvalue weighted by atomic mass is 9.96. The number of hydrogen-bond donors (Lipinski definition) is 1. The van der Waals surface area contributed by atoms with Crippen LogP contribution in [0.5, 0.6) is 5.75 Å². The van der Waals surface area contributed by atoms with Gasteiger partial charge < -0.3 is 24.8 Å². The summed E-state index contributed by atoms with van der Waals surface area (Å²) in [6.07, 6.45) is 0. The number of nitrogens with one attached hydrogen (secondary N) is 1. The quantitative estimate of drug-likeness (QED) is 0.710. The third-order valence-corrected chi connectivity index (χ3v) is 5.62. The number of hydrogen-bond acceptors (Lipinski definition) is 8. The van der Waals surface area contributed by atoms with Crippen LogP contribution in [0.1, 0.15) is 6.92 Å². The molecule has 0 bridgehead atoms. The van der Waals surface area contributed by atoms with E-state index in [1.807, 2.05) is 30.0 Å². The summed E-state index contributed by atoms with van der Waals surface area (Å²) < 4.78 is 20.2. The fraction of sp³-hybridized carbons (Fsp3) is 0.500. The first-order chi connectivity index (χ1) is 14.9. The van der Waals surface area contributed by atoms with E-state index in [9.17, 15) is 9.18 Å². The number of aromatic nitrogens is 3. The maximum atomic E-state index is 14.5. The lowest BCUT2D eigenvalue weighted by molar-refractivity contribution is -0.134. The molecule has 1 N–H and O–H groups in total. The lowest BCUT2D eigenvalue weighted by Gasteiger charge is -2.43. The molecule has 31 heavy (non-hydrogen) atoms. The predicted molar refractivity (Wildman–Crippen MR) is 117 cm³/mol. The Morgan fingerprint density at radius 3 is 2.35 bits per heavy atom. The van der Waals surface area contributed by atoms with Crippen molar-refractivity contribution in [2.75, 3.05) is 67.6 Å². The topological polar surface area (TPSA) is 86.7 Å². The predicted octanol–water partition coefficient (Wildman–Crippen LogP) is 1.52. The summed E-state index contributed by atoms with van der Waals surface area (Å²) in [6.45, 7) is 5.24. The number of nitrogens with zero attached hydrogens (tertiary/aromatic N) is 6. The van der Waals surface area contributed by atoms with Gasteiger partial charge in [0.05, 0.1) is 25.4 Å².